The molecule has 1 amide bonds. The van der Waals surface area contributed by atoms with Gasteiger partial charge in [0.05, 0.1) is 0 Å². The first kappa shape index (κ1) is 10.8. The first-order valence-electron chi connectivity index (χ1n) is 3.70. The number of aromatic nitrogens is 2. The molecule has 0 aromatic carbocycles. The largest absolute Gasteiger partial charge is 0.457 e. The first-order chi connectivity index (χ1) is 7.00. The SMILES string of the molecule is CC(=O)OCc1no[n+]([O-])c1OC(N)=O. The van der Waals surface area contributed by atoms with Gasteiger partial charge in [-0.3, -0.25) is 9.42 Å². The standard InChI is InChI=1S/C6H7N3O6/c1-3(10)13-2-4-5(14-6(7)11)9(12)15-8-4/h2H2,1H3,(H2,7,11). The third kappa shape index (κ3) is 2.83. The molecule has 1 aromatic rings. The summed E-state index contributed by atoms with van der Waals surface area (Å²) in [6, 6.07) is 0. The number of nitrogens with zero attached hydrogens (tertiary/aromatic N) is 2. The van der Waals surface area contributed by atoms with E-state index in [9.17, 15) is 14.8 Å². The summed E-state index contributed by atoms with van der Waals surface area (Å²) in [5.74, 6) is -1.13. The van der Waals surface area contributed by atoms with Crippen LogP contribution in [0.25, 0.3) is 0 Å². The third-order valence-electron chi connectivity index (χ3n) is 1.25. The normalized spacial score (nSPS) is 9.67. The summed E-state index contributed by atoms with van der Waals surface area (Å²) in [6.45, 7) is 0.816. The summed E-state index contributed by atoms with van der Waals surface area (Å²) in [4.78, 5) is 20.7. The first-order valence-corrected chi connectivity index (χ1v) is 3.70. The van der Waals surface area contributed by atoms with E-state index in [1.54, 1.807) is 0 Å². The van der Waals surface area contributed by atoms with Gasteiger partial charge in [-0.2, -0.15) is 0 Å². The predicted octanol–water partition coefficient (Wildman–Crippen LogP) is -1.17. The topological polar surface area (TPSA) is 132 Å². The van der Waals surface area contributed by atoms with E-state index >= 15 is 0 Å². The zero-order chi connectivity index (χ0) is 11.4. The number of amides is 1. The summed E-state index contributed by atoms with van der Waals surface area (Å²) >= 11 is 0. The van der Waals surface area contributed by atoms with Crippen molar-refractivity contribution in [2.45, 2.75) is 13.5 Å². The molecule has 0 aliphatic rings. The number of nitrogens with two attached hydrogens (primary N) is 1. The van der Waals surface area contributed by atoms with Crippen LogP contribution in [0.15, 0.2) is 4.63 Å². The van der Waals surface area contributed by atoms with E-state index < -0.39 is 17.9 Å². The highest BCUT2D eigenvalue weighted by Crippen LogP contribution is 2.11. The van der Waals surface area contributed by atoms with Crippen LogP contribution in [-0.4, -0.2) is 17.2 Å². The van der Waals surface area contributed by atoms with Crippen LogP contribution < -0.4 is 15.4 Å². The Morgan fingerprint density at radius 1 is 1.67 bits per heavy atom. The van der Waals surface area contributed by atoms with Gasteiger partial charge in [0.2, 0.25) is 0 Å². The molecule has 0 radical (unpaired) electrons. The van der Waals surface area contributed by atoms with Crippen LogP contribution in [0, 0.1) is 5.21 Å². The van der Waals surface area contributed by atoms with Gasteiger partial charge in [0.15, 0.2) is 6.61 Å². The lowest BCUT2D eigenvalue weighted by molar-refractivity contribution is -0.804. The van der Waals surface area contributed by atoms with Crippen LogP contribution in [0.4, 0.5) is 4.79 Å². The predicted molar refractivity (Wildman–Crippen MR) is 41.1 cm³/mol. The molecule has 0 bridgehead atoms. The van der Waals surface area contributed by atoms with Crippen molar-refractivity contribution >= 4 is 12.1 Å². The monoisotopic (exact) mass is 217 g/mol. The number of carbonyl (C=O) groups is 2. The van der Waals surface area contributed by atoms with Crippen molar-refractivity contribution in [3.05, 3.63) is 10.9 Å². The molecule has 82 valence electrons. The van der Waals surface area contributed by atoms with Crippen LogP contribution in [0.1, 0.15) is 12.6 Å². The number of hydrogen-bond donors (Lipinski definition) is 1. The van der Waals surface area contributed by atoms with Crippen molar-refractivity contribution in [3.63, 3.8) is 0 Å². The molecule has 0 aliphatic carbocycles. The van der Waals surface area contributed by atoms with Gasteiger partial charge in [-0.15, -0.1) is 0 Å². The minimum atomic E-state index is -1.20. The van der Waals surface area contributed by atoms with E-state index in [0.717, 1.165) is 0 Å². The summed E-state index contributed by atoms with van der Waals surface area (Å²) in [7, 11) is 0. The van der Waals surface area contributed by atoms with E-state index in [4.69, 9.17) is 0 Å². The van der Waals surface area contributed by atoms with Crippen LogP contribution in [0.5, 0.6) is 5.88 Å². The van der Waals surface area contributed by atoms with Gasteiger partial charge in [0, 0.05) is 12.1 Å². The number of carbonyl (C=O) groups excluding carboxylic acids is 2. The van der Waals surface area contributed by atoms with Crippen molar-refractivity contribution in [1.82, 2.24) is 5.16 Å². The Bertz CT molecular complexity index is 386. The minimum absolute atomic E-state index is 0.140. The number of primary amides is 1. The molecule has 2 N–H and O–H groups in total. The summed E-state index contributed by atoms with van der Waals surface area (Å²) in [6.07, 6.45) is -1.20. The lowest BCUT2D eigenvalue weighted by atomic mass is 10.5. The van der Waals surface area contributed by atoms with Gasteiger partial charge >= 0.3 is 23.6 Å². The molecule has 0 saturated carbocycles. The molecule has 9 heteroatoms. The molecule has 0 fully saturated rings. The maximum Gasteiger partial charge on any atom is 0.412 e. The number of esters is 1. The number of ether oxygens (including phenoxy) is 2. The fourth-order valence-electron chi connectivity index (χ4n) is 0.717. The number of hydrogen-bond acceptors (Lipinski definition) is 7. The van der Waals surface area contributed by atoms with Crippen molar-refractivity contribution in [2.75, 3.05) is 0 Å². The van der Waals surface area contributed by atoms with Crippen molar-refractivity contribution < 1.29 is 28.6 Å². The van der Waals surface area contributed by atoms with Gasteiger partial charge in [-0.25, -0.2) is 4.79 Å². The maximum absolute atomic E-state index is 10.8. The Morgan fingerprint density at radius 3 is 2.87 bits per heavy atom. The average molecular weight is 217 g/mol. The van der Waals surface area contributed by atoms with E-state index in [1.165, 1.54) is 6.92 Å². The van der Waals surface area contributed by atoms with Gasteiger partial charge in [-0.1, -0.05) is 0 Å². The van der Waals surface area contributed by atoms with Crippen molar-refractivity contribution in [3.8, 4) is 5.88 Å². The molecule has 9 nitrogen and oxygen atoms in total. The van der Waals surface area contributed by atoms with Crippen LogP contribution in [0.3, 0.4) is 0 Å². The molecule has 15 heavy (non-hydrogen) atoms. The van der Waals surface area contributed by atoms with Crippen LogP contribution in [0.2, 0.25) is 0 Å². The zero-order valence-corrected chi connectivity index (χ0v) is 7.63. The van der Waals surface area contributed by atoms with Crippen molar-refractivity contribution in [2.24, 2.45) is 5.73 Å². The zero-order valence-electron chi connectivity index (χ0n) is 7.63. The maximum atomic E-state index is 10.8. The Labute approximate surface area is 82.9 Å². The second-order valence-electron chi connectivity index (χ2n) is 2.38. The Balaban J connectivity index is 2.78. The highest BCUT2D eigenvalue weighted by atomic mass is 16.8. The average Bonchev–Trinajstić information content (AvgIpc) is 2.44. The van der Waals surface area contributed by atoms with Gasteiger partial charge in [-0.05, 0) is 4.90 Å². The minimum Gasteiger partial charge on any atom is -0.457 e. The molecular formula is C6H7N3O6. The molecule has 1 aromatic heterocycles. The second-order valence-corrected chi connectivity index (χ2v) is 2.38. The summed E-state index contributed by atoms with van der Waals surface area (Å²) in [5.41, 5.74) is 4.55. The Hall–Kier alpha value is -2.32. The van der Waals surface area contributed by atoms with E-state index in [2.05, 4.69) is 25.0 Å². The van der Waals surface area contributed by atoms with Crippen molar-refractivity contribution in [1.29, 1.82) is 0 Å². The molecule has 0 spiro atoms. The highest BCUT2D eigenvalue weighted by molar-refractivity contribution is 5.67. The summed E-state index contributed by atoms with van der Waals surface area (Å²) in [5, 5.41) is 14.0. The molecule has 0 atom stereocenters. The summed E-state index contributed by atoms with van der Waals surface area (Å²) < 4.78 is 12.9. The lowest BCUT2D eigenvalue weighted by Gasteiger charge is -1.97. The highest BCUT2D eigenvalue weighted by Gasteiger charge is 2.23. The Morgan fingerprint density at radius 2 is 2.33 bits per heavy atom. The molecule has 1 rings (SSSR count). The molecule has 1 heterocycles. The fourth-order valence-corrected chi connectivity index (χ4v) is 0.717. The fraction of sp³-hybridized carbons (Fsp3) is 0.333. The number of rotatable bonds is 3. The van der Waals surface area contributed by atoms with Gasteiger partial charge in [0.1, 0.15) is 0 Å². The van der Waals surface area contributed by atoms with E-state index in [1.807, 2.05) is 0 Å². The Kier molecular flexibility index (Phi) is 3.06. The molecule has 0 aliphatic heterocycles. The smallest absolute Gasteiger partial charge is 0.412 e. The second kappa shape index (κ2) is 4.26. The van der Waals surface area contributed by atoms with Crippen LogP contribution >= 0.6 is 0 Å². The van der Waals surface area contributed by atoms with E-state index in [0.29, 0.717) is 0 Å². The lowest BCUT2D eigenvalue weighted by Crippen LogP contribution is -2.30. The quantitative estimate of drug-likeness (QED) is 0.498. The van der Waals surface area contributed by atoms with Gasteiger partial charge < -0.3 is 20.4 Å². The molecule has 0 unspecified atom stereocenters. The molecular weight excluding hydrogens is 210 g/mol. The third-order valence-corrected chi connectivity index (χ3v) is 1.25. The molecule has 0 saturated heterocycles. The van der Waals surface area contributed by atoms with Crippen LogP contribution in [-0.2, 0) is 16.1 Å². The van der Waals surface area contributed by atoms with Gasteiger partial charge in [0.25, 0.3) is 0 Å². The van der Waals surface area contributed by atoms with E-state index in [-0.39, 0.29) is 17.2 Å².